The zero-order chi connectivity index (χ0) is 15.6. The highest BCUT2D eigenvalue weighted by molar-refractivity contribution is 6.28. The predicted octanol–water partition coefficient (Wildman–Crippen LogP) is 3.81. The molecule has 110 valence electrons. The maximum Gasteiger partial charge on any atom is 0.333 e. The van der Waals surface area contributed by atoms with Gasteiger partial charge < -0.3 is 4.90 Å². The number of aromatic nitrogens is 2. The summed E-state index contributed by atoms with van der Waals surface area (Å²) in [4.78, 5) is 20.5. The fraction of sp³-hybridized carbons (Fsp3) is 0.286. The van der Waals surface area contributed by atoms with Gasteiger partial charge in [-0.05, 0) is 44.5 Å². The summed E-state index contributed by atoms with van der Waals surface area (Å²) in [6, 6.07) is 7.68. The number of aryl methyl sites for hydroxylation is 2. The van der Waals surface area contributed by atoms with Crippen LogP contribution >= 0.6 is 11.6 Å². The number of hydrogen-bond donors (Lipinski definition) is 0. The molecule has 0 atom stereocenters. The minimum atomic E-state index is -0.474. The number of halogens is 1. The third-order valence-corrected chi connectivity index (χ3v) is 3.28. The molecule has 0 bridgehead atoms. The monoisotopic (exact) mass is 306 g/mol. The van der Waals surface area contributed by atoms with E-state index in [0.29, 0.717) is 6.54 Å². The molecule has 7 heteroatoms. The van der Waals surface area contributed by atoms with E-state index in [0.717, 1.165) is 11.3 Å². The lowest BCUT2D eigenvalue weighted by Gasteiger charge is -2.22. The Bertz CT molecular complexity index is 673. The van der Waals surface area contributed by atoms with Gasteiger partial charge in [0.25, 0.3) is 0 Å². The SMILES string of the molecule is CCN(c1ccc(C)cc1)c1nc(Cl)nc(C)c1[N+](=O)[O-]. The van der Waals surface area contributed by atoms with Crippen LogP contribution in [0, 0.1) is 24.0 Å². The Kier molecular flexibility index (Phi) is 4.37. The Labute approximate surface area is 127 Å². The summed E-state index contributed by atoms with van der Waals surface area (Å²) >= 11 is 5.87. The Morgan fingerprint density at radius 3 is 2.38 bits per heavy atom. The van der Waals surface area contributed by atoms with E-state index in [9.17, 15) is 10.1 Å². The van der Waals surface area contributed by atoms with Crippen LogP contribution in [-0.4, -0.2) is 21.4 Å². The van der Waals surface area contributed by atoms with Gasteiger partial charge >= 0.3 is 5.69 Å². The van der Waals surface area contributed by atoms with E-state index in [1.165, 1.54) is 0 Å². The van der Waals surface area contributed by atoms with Gasteiger partial charge in [-0.1, -0.05) is 17.7 Å². The van der Waals surface area contributed by atoms with Crippen molar-refractivity contribution >= 4 is 28.8 Å². The lowest BCUT2D eigenvalue weighted by Crippen LogP contribution is -2.20. The van der Waals surface area contributed by atoms with Crippen LogP contribution in [0.3, 0.4) is 0 Å². The van der Waals surface area contributed by atoms with Gasteiger partial charge in [-0.3, -0.25) is 10.1 Å². The van der Waals surface area contributed by atoms with Gasteiger partial charge in [-0.25, -0.2) is 4.98 Å². The molecule has 1 aromatic heterocycles. The first-order valence-electron chi connectivity index (χ1n) is 6.46. The molecule has 2 aromatic rings. The highest BCUT2D eigenvalue weighted by Crippen LogP contribution is 2.34. The minimum absolute atomic E-state index is 0.00124. The van der Waals surface area contributed by atoms with Crippen molar-refractivity contribution < 1.29 is 4.92 Å². The van der Waals surface area contributed by atoms with E-state index in [2.05, 4.69) is 9.97 Å². The normalized spacial score (nSPS) is 10.5. The quantitative estimate of drug-likeness (QED) is 0.488. The topological polar surface area (TPSA) is 72.2 Å². The molecule has 1 aromatic carbocycles. The van der Waals surface area contributed by atoms with Crippen LogP contribution in [0.5, 0.6) is 0 Å². The number of nitro groups is 1. The molecule has 0 saturated carbocycles. The maximum absolute atomic E-state index is 11.3. The Morgan fingerprint density at radius 1 is 1.24 bits per heavy atom. The van der Waals surface area contributed by atoms with Gasteiger partial charge in [0.15, 0.2) is 0 Å². The zero-order valence-corrected chi connectivity index (χ0v) is 12.8. The zero-order valence-electron chi connectivity index (χ0n) is 12.0. The van der Waals surface area contributed by atoms with Crippen LogP contribution in [0.15, 0.2) is 24.3 Å². The van der Waals surface area contributed by atoms with Gasteiger partial charge in [0.1, 0.15) is 5.69 Å². The predicted molar refractivity (Wildman–Crippen MR) is 82.3 cm³/mol. The van der Waals surface area contributed by atoms with Crippen molar-refractivity contribution in [2.24, 2.45) is 0 Å². The fourth-order valence-electron chi connectivity index (χ4n) is 2.10. The molecule has 0 N–H and O–H groups in total. The van der Waals surface area contributed by atoms with Gasteiger partial charge in [-0.15, -0.1) is 0 Å². The molecule has 0 aliphatic carbocycles. The fourth-order valence-corrected chi connectivity index (χ4v) is 2.31. The molecule has 0 saturated heterocycles. The average Bonchev–Trinajstić information content (AvgIpc) is 2.40. The van der Waals surface area contributed by atoms with Crippen molar-refractivity contribution in [2.45, 2.75) is 20.8 Å². The van der Waals surface area contributed by atoms with Gasteiger partial charge in [0.05, 0.1) is 4.92 Å². The third kappa shape index (κ3) is 3.11. The molecule has 6 nitrogen and oxygen atoms in total. The molecule has 0 fully saturated rings. The largest absolute Gasteiger partial charge is 0.333 e. The van der Waals surface area contributed by atoms with Crippen LogP contribution in [0.1, 0.15) is 18.2 Å². The van der Waals surface area contributed by atoms with E-state index in [1.54, 1.807) is 11.8 Å². The van der Waals surface area contributed by atoms with E-state index in [-0.39, 0.29) is 22.5 Å². The summed E-state index contributed by atoms with van der Waals surface area (Å²) in [5.41, 5.74) is 2.06. The highest BCUT2D eigenvalue weighted by Gasteiger charge is 2.26. The van der Waals surface area contributed by atoms with Crippen molar-refractivity contribution in [1.29, 1.82) is 0 Å². The second kappa shape index (κ2) is 6.05. The molecule has 2 rings (SSSR count). The second-order valence-electron chi connectivity index (χ2n) is 4.59. The van der Waals surface area contributed by atoms with Crippen molar-refractivity contribution in [3.05, 3.63) is 50.9 Å². The van der Waals surface area contributed by atoms with Crippen molar-refractivity contribution in [1.82, 2.24) is 9.97 Å². The lowest BCUT2D eigenvalue weighted by molar-refractivity contribution is -0.385. The number of hydrogen-bond acceptors (Lipinski definition) is 5. The van der Waals surface area contributed by atoms with Crippen molar-refractivity contribution in [3.8, 4) is 0 Å². The first kappa shape index (κ1) is 15.2. The summed E-state index contributed by atoms with van der Waals surface area (Å²) < 4.78 is 0. The summed E-state index contributed by atoms with van der Waals surface area (Å²) in [6.07, 6.45) is 0. The first-order valence-corrected chi connectivity index (χ1v) is 6.84. The molecular weight excluding hydrogens is 292 g/mol. The van der Waals surface area contributed by atoms with E-state index in [1.807, 2.05) is 38.1 Å². The summed E-state index contributed by atoms with van der Waals surface area (Å²) in [5, 5.41) is 11.3. The lowest BCUT2D eigenvalue weighted by atomic mass is 10.2. The molecule has 21 heavy (non-hydrogen) atoms. The number of nitrogens with zero attached hydrogens (tertiary/aromatic N) is 4. The Balaban J connectivity index is 2.61. The Hall–Kier alpha value is -2.21. The highest BCUT2D eigenvalue weighted by atomic mass is 35.5. The molecule has 0 amide bonds. The van der Waals surface area contributed by atoms with Crippen LogP contribution < -0.4 is 4.90 Å². The molecule has 0 spiro atoms. The second-order valence-corrected chi connectivity index (χ2v) is 4.93. The third-order valence-electron chi connectivity index (χ3n) is 3.11. The molecular formula is C14H15ClN4O2. The summed E-state index contributed by atoms with van der Waals surface area (Å²) in [6.45, 7) is 5.96. The number of anilines is 2. The van der Waals surface area contributed by atoms with Crippen LogP contribution in [0.2, 0.25) is 5.28 Å². The summed E-state index contributed by atoms with van der Waals surface area (Å²) in [7, 11) is 0. The van der Waals surface area contributed by atoms with Gasteiger partial charge in [0.2, 0.25) is 11.1 Å². The van der Waals surface area contributed by atoms with E-state index >= 15 is 0 Å². The Morgan fingerprint density at radius 2 is 1.86 bits per heavy atom. The number of benzene rings is 1. The number of rotatable bonds is 4. The van der Waals surface area contributed by atoms with Crippen LogP contribution in [0.4, 0.5) is 17.2 Å². The molecule has 0 radical (unpaired) electrons. The van der Waals surface area contributed by atoms with Crippen LogP contribution in [0.25, 0.3) is 0 Å². The van der Waals surface area contributed by atoms with Gasteiger partial charge in [-0.2, -0.15) is 4.98 Å². The minimum Gasteiger partial charge on any atom is -0.321 e. The molecule has 0 aliphatic rings. The molecule has 1 heterocycles. The van der Waals surface area contributed by atoms with Crippen molar-refractivity contribution in [3.63, 3.8) is 0 Å². The standard InChI is InChI=1S/C14H15ClN4O2/c1-4-18(11-7-5-9(2)6-8-11)13-12(19(20)21)10(3)16-14(15)17-13/h5-8H,4H2,1-3H3. The molecule has 0 unspecified atom stereocenters. The van der Waals surface area contributed by atoms with Crippen LogP contribution in [-0.2, 0) is 0 Å². The smallest absolute Gasteiger partial charge is 0.321 e. The molecule has 0 aliphatic heterocycles. The summed E-state index contributed by atoms with van der Waals surface area (Å²) in [5.74, 6) is 0.212. The van der Waals surface area contributed by atoms with E-state index < -0.39 is 4.92 Å². The average molecular weight is 307 g/mol. The van der Waals surface area contributed by atoms with Gasteiger partial charge in [0, 0.05) is 12.2 Å². The van der Waals surface area contributed by atoms with E-state index in [4.69, 9.17) is 11.6 Å². The maximum atomic E-state index is 11.3. The first-order chi connectivity index (χ1) is 9.93. The van der Waals surface area contributed by atoms with Crippen molar-refractivity contribution in [2.75, 3.05) is 11.4 Å².